The Labute approximate surface area is 109 Å². The molecular formula is C14H23N3O. The maximum atomic E-state index is 9.60. The number of aromatic nitrogens is 1. The van der Waals surface area contributed by atoms with E-state index >= 15 is 0 Å². The molecule has 1 saturated heterocycles. The number of likely N-dealkylation sites (tertiary alicyclic amines) is 1. The van der Waals surface area contributed by atoms with Gasteiger partial charge >= 0.3 is 0 Å². The van der Waals surface area contributed by atoms with Crippen molar-refractivity contribution in [1.82, 2.24) is 9.88 Å². The topological polar surface area (TPSA) is 39.6 Å². The molecule has 2 heterocycles. The second-order valence-electron chi connectivity index (χ2n) is 5.28. The number of likely N-dealkylation sites (N-methyl/N-ethyl adjacent to an activating group) is 2. The molecule has 1 aromatic rings. The van der Waals surface area contributed by atoms with Crippen LogP contribution >= 0.6 is 0 Å². The van der Waals surface area contributed by atoms with Gasteiger partial charge in [-0.3, -0.25) is 0 Å². The largest absolute Gasteiger partial charge is 0.389 e. The lowest BCUT2D eigenvalue weighted by Crippen LogP contribution is -2.37. The third kappa shape index (κ3) is 3.00. The molecule has 0 aromatic carbocycles. The van der Waals surface area contributed by atoms with Crippen molar-refractivity contribution in [3.8, 4) is 0 Å². The van der Waals surface area contributed by atoms with Gasteiger partial charge < -0.3 is 14.9 Å². The van der Waals surface area contributed by atoms with Crippen LogP contribution in [0.2, 0.25) is 0 Å². The normalized spacial score (nSPS) is 22.1. The first kappa shape index (κ1) is 13.3. The van der Waals surface area contributed by atoms with Gasteiger partial charge in [-0.2, -0.15) is 0 Å². The minimum absolute atomic E-state index is 0.436. The molecule has 0 aliphatic carbocycles. The molecule has 0 amide bonds. The van der Waals surface area contributed by atoms with E-state index < -0.39 is 6.10 Å². The molecule has 0 radical (unpaired) electrons. The molecule has 100 valence electrons. The van der Waals surface area contributed by atoms with Gasteiger partial charge in [-0.15, -0.1) is 0 Å². The highest BCUT2D eigenvalue weighted by atomic mass is 16.3. The van der Waals surface area contributed by atoms with Crippen molar-refractivity contribution in [2.45, 2.75) is 31.9 Å². The zero-order valence-electron chi connectivity index (χ0n) is 11.5. The van der Waals surface area contributed by atoms with Crippen molar-refractivity contribution in [2.75, 3.05) is 32.1 Å². The monoisotopic (exact) mass is 249 g/mol. The van der Waals surface area contributed by atoms with Gasteiger partial charge in [0.2, 0.25) is 0 Å². The molecule has 1 aliphatic heterocycles. The van der Waals surface area contributed by atoms with E-state index in [9.17, 15) is 5.11 Å². The number of aliphatic hydroxyl groups excluding tert-OH is 1. The molecule has 1 N–H and O–H groups in total. The third-order valence-electron chi connectivity index (χ3n) is 3.80. The number of hydrogen-bond acceptors (Lipinski definition) is 4. The Bertz CT molecular complexity index is 394. The molecule has 0 spiro atoms. The number of anilines is 1. The van der Waals surface area contributed by atoms with Gasteiger partial charge in [0.15, 0.2) is 0 Å². The first-order valence-electron chi connectivity index (χ1n) is 6.63. The van der Waals surface area contributed by atoms with Crippen LogP contribution in [0.4, 0.5) is 5.82 Å². The van der Waals surface area contributed by atoms with E-state index in [4.69, 9.17) is 0 Å². The Morgan fingerprint density at radius 3 is 3.00 bits per heavy atom. The van der Waals surface area contributed by atoms with Gasteiger partial charge in [0, 0.05) is 25.8 Å². The minimum Gasteiger partial charge on any atom is -0.389 e. The molecule has 2 atom stereocenters. The summed E-state index contributed by atoms with van der Waals surface area (Å²) in [5.41, 5.74) is 0.923. The second kappa shape index (κ2) is 5.67. The summed E-state index contributed by atoms with van der Waals surface area (Å²) in [5, 5.41) is 9.60. The molecule has 18 heavy (non-hydrogen) atoms. The van der Waals surface area contributed by atoms with Gasteiger partial charge in [0.05, 0.1) is 6.10 Å². The van der Waals surface area contributed by atoms with Crippen molar-refractivity contribution in [3.63, 3.8) is 0 Å². The molecular weight excluding hydrogens is 226 g/mol. The van der Waals surface area contributed by atoms with Crippen LogP contribution in [0, 0.1) is 0 Å². The molecule has 1 fully saturated rings. The summed E-state index contributed by atoms with van der Waals surface area (Å²) in [6, 6.07) is 4.45. The zero-order valence-corrected chi connectivity index (χ0v) is 11.5. The Morgan fingerprint density at radius 1 is 1.61 bits per heavy atom. The molecule has 4 nitrogen and oxygen atoms in total. The van der Waals surface area contributed by atoms with Crippen LogP contribution in [0.5, 0.6) is 0 Å². The number of aliphatic hydroxyl groups is 1. The lowest BCUT2D eigenvalue weighted by Gasteiger charge is -2.26. The summed E-state index contributed by atoms with van der Waals surface area (Å²) in [6.45, 7) is 3.97. The molecule has 2 rings (SSSR count). The van der Waals surface area contributed by atoms with Crippen LogP contribution < -0.4 is 4.90 Å². The fourth-order valence-corrected chi connectivity index (χ4v) is 2.52. The van der Waals surface area contributed by atoms with E-state index in [1.54, 1.807) is 13.1 Å². The smallest absolute Gasteiger partial charge is 0.128 e. The maximum absolute atomic E-state index is 9.60. The molecule has 1 aromatic heterocycles. The number of hydrogen-bond donors (Lipinski definition) is 1. The van der Waals surface area contributed by atoms with Crippen molar-refractivity contribution in [2.24, 2.45) is 0 Å². The summed E-state index contributed by atoms with van der Waals surface area (Å²) in [5.74, 6) is 0.939. The predicted molar refractivity (Wildman–Crippen MR) is 73.8 cm³/mol. The van der Waals surface area contributed by atoms with Gasteiger partial charge in [-0.1, -0.05) is 0 Å². The summed E-state index contributed by atoms with van der Waals surface area (Å²) < 4.78 is 0. The van der Waals surface area contributed by atoms with Crippen molar-refractivity contribution >= 4 is 5.82 Å². The lowest BCUT2D eigenvalue weighted by molar-refractivity contribution is 0.199. The minimum atomic E-state index is -0.436. The van der Waals surface area contributed by atoms with Crippen LogP contribution in [-0.2, 0) is 0 Å². The standard InChI is InChI=1S/C14H23N3O/c1-11(18)12-6-7-15-14(9-12)17(3)10-13-5-4-8-16(13)2/h6-7,9,11,13,18H,4-5,8,10H2,1-3H3/t11-,13?/m0/s1. The van der Waals surface area contributed by atoms with Crippen LogP contribution in [0.1, 0.15) is 31.4 Å². The van der Waals surface area contributed by atoms with Crippen molar-refractivity contribution < 1.29 is 5.11 Å². The Hall–Kier alpha value is -1.13. The third-order valence-corrected chi connectivity index (χ3v) is 3.80. The molecule has 0 saturated carbocycles. The molecule has 1 unspecified atom stereocenters. The predicted octanol–water partition coefficient (Wildman–Crippen LogP) is 1.67. The van der Waals surface area contributed by atoms with Crippen LogP contribution in [0.25, 0.3) is 0 Å². The van der Waals surface area contributed by atoms with E-state index in [0.717, 1.165) is 17.9 Å². The molecule has 0 bridgehead atoms. The summed E-state index contributed by atoms with van der Waals surface area (Å²) >= 11 is 0. The van der Waals surface area contributed by atoms with Gasteiger partial charge in [0.1, 0.15) is 5.82 Å². The van der Waals surface area contributed by atoms with E-state index in [-0.39, 0.29) is 0 Å². The Kier molecular flexibility index (Phi) is 4.19. The Morgan fingerprint density at radius 2 is 2.39 bits per heavy atom. The van der Waals surface area contributed by atoms with Gasteiger partial charge in [-0.05, 0) is 51.1 Å². The van der Waals surface area contributed by atoms with Gasteiger partial charge in [0.25, 0.3) is 0 Å². The first-order valence-corrected chi connectivity index (χ1v) is 6.63. The number of pyridine rings is 1. The highest BCUT2D eigenvalue weighted by Crippen LogP contribution is 2.20. The quantitative estimate of drug-likeness (QED) is 0.881. The highest BCUT2D eigenvalue weighted by Gasteiger charge is 2.22. The average molecular weight is 249 g/mol. The van der Waals surface area contributed by atoms with E-state index in [1.165, 1.54) is 19.4 Å². The molecule has 4 heteroatoms. The summed E-state index contributed by atoms with van der Waals surface area (Å²) in [4.78, 5) is 8.98. The van der Waals surface area contributed by atoms with Crippen LogP contribution in [0.3, 0.4) is 0 Å². The van der Waals surface area contributed by atoms with E-state index in [0.29, 0.717) is 6.04 Å². The second-order valence-corrected chi connectivity index (χ2v) is 5.28. The van der Waals surface area contributed by atoms with Crippen molar-refractivity contribution in [1.29, 1.82) is 0 Å². The van der Waals surface area contributed by atoms with Crippen LogP contribution in [-0.4, -0.2) is 48.2 Å². The zero-order chi connectivity index (χ0) is 13.1. The van der Waals surface area contributed by atoms with E-state index in [1.807, 2.05) is 12.1 Å². The summed E-state index contributed by atoms with van der Waals surface area (Å²) in [6.07, 6.45) is 3.88. The first-order chi connectivity index (χ1) is 8.58. The van der Waals surface area contributed by atoms with E-state index in [2.05, 4.69) is 28.9 Å². The van der Waals surface area contributed by atoms with Gasteiger partial charge in [-0.25, -0.2) is 4.98 Å². The number of nitrogens with zero attached hydrogens (tertiary/aromatic N) is 3. The fourth-order valence-electron chi connectivity index (χ4n) is 2.52. The summed E-state index contributed by atoms with van der Waals surface area (Å²) in [7, 11) is 4.26. The fraction of sp³-hybridized carbons (Fsp3) is 0.643. The highest BCUT2D eigenvalue weighted by molar-refractivity contribution is 5.40. The Balaban J connectivity index is 2.04. The maximum Gasteiger partial charge on any atom is 0.128 e. The lowest BCUT2D eigenvalue weighted by atomic mass is 10.1. The average Bonchev–Trinajstić information content (AvgIpc) is 2.75. The molecule has 1 aliphatic rings. The number of rotatable bonds is 4. The van der Waals surface area contributed by atoms with Crippen molar-refractivity contribution in [3.05, 3.63) is 23.9 Å². The SMILES string of the molecule is C[C@H](O)c1ccnc(N(C)CC2CCCN2C)c1. The van der Waals surface area contributed by atoms with Crippen LogP contribution in [0.15, 0.2) is 18.3 Å².